The van der Waals surface area contributed by atoms with Crippen LogP contribution >= 0.6 is 27.5 Å². The largest absolute Gasteiger partial charge is 0.488 e. The fourth-order valence-electron chi connectivity index (χ4n) is 3.46. The molecule has 6 nitrogen and oxygen atoms in total. The first-order valence-corrected chi connectivity index (χ1v) is 11.6. The van der Waals surface area contributed by atoms with Gasteiger partial charge in [-0.05, 0) is 79.1 Å². The topological polar surface area (TPSA) is 75.7 Å². The van der Waals surface area contributed by atoms with E-state index < -0.39 is 17.8 Å². The van der Waals surface area contributed by atoms with E-state index in [4.69, 9.17) is 16.3 Å². The van der Waals surface area contributed by atoms with Crippen molar-refractivity contribution in [3.63, 3.8) is 0 Å². The Morgan fingerprint density at radius 2 is 1.71 bits per heavy atom. The molecule has 3 aromatic carbocycles. The van der Waals surface area contributed by atoms with Gasteiger partial charge in [-0.3, -0.25) is 14.9 Å². The van der Waals surface area contributed by atoms with Crippen LogP contribution in [0.15, 0.2) is 70.7 Å². The number of amides is 4. The van der Waals surface area contributed by atoms with Gasteiger partial charge in [0.25, 0.3) is 11.8 Å². The van der Waals surface area contributed by atoms with E-state index in [0.29, 0.717) is 28.6 Å². The van der Waals surface area contributed by atoms with Crippen molar-refractivity contribution in [1.82, 2.24) is 5.32 Å². The van der Waals surface area contributed by atoms with E-state index >= 15 is 0 Å². The van der Waals surface area contributed by atoms with Crippen molar-refractivity contribution in [3.8, 4) is 5.75 Å². The molecule has 0 bridgehead atoms. The molecule has 4 rings (SSSR count). The van der Waals surface area contributed by atoms with Gasteiger partial charge in [-0.25, -0.2) is 9.69 Å². The van der Waals surface area contributed by atoms with E-state index in [1.54, 1.807) is 42.5 Å². The third kappa shape index (κ3) is 5.05. The standard InChI is InChI=1S/C26H20BrClN2O4/c1-15-3-4-17(11-16(15)2)14-34-23-10-7-20(28)12-18(23)13-22-24(31)29-26(33)30(25(22)32)21-8-5-19(27)6-9-21/h3-13H,14H2,1-2H3,(H,29,31,33)/b22-13+. The fourth-order valence-corrected chi connectivity index (χ4v) is 3.90. The number of benzene rings is 3. The number of halogens is 2. The number of nitrogens with one attached hydrogen (secondary N) is 1. The minimum absolute atomic E-state index is 0.208. The summed E-state index contributed by atoms with van der Waals surface area (Å²) in [5.41, 5.74) is 3.89. The van der Waals surface area contributed by atoms with Crippen LogP contribution in [0.2, 0.25) is 5.02 Å². The Balaban J connectivity index is 1.66. The molecule has 0 atom stereocenters. The molecule has 4 amide bonds. The summed E-state index contributed by atoms with van der Waals surface area (Å²) in [5, 5.41) is 2.63. The van der Waals surface area contributed by atoms with E-state index in [1.165, 1.54) is 11.6 Å². The number of aryl methyl sites for hydroxylation is 2. The number of hydrogen-bond acceptors (Lipinski definition) is 4. The SMILES string of the molecule is Cc1ccc(COc2ccc(Cl)cc2/C=C2\C(=O)NC(=O)N(c3ccc(Br)cc3)C2=O)cc1C. The molecule has 0 spiro atoms. The number of carbonyl (C=O) groups excluding carboxylic acids is 3. The van der Waals surface area contributed by atoms with E-state index in [2.05, 4.69) is 21.2 Å². The number of hydrogen-bond donors (Lipinski definition) is 1. The van der Waals surface area contributed by atoms with Crippen LogP contribution in [0.1, 0.15) is 22.3 Å². The predicted molar refractivity (Wildman–Crippen MR) is 135 cm³/mol. The summed E-state index contributed by atoms with van der Waals surface area (Å²) in [4.78, 5) is 39.1. The Morgan fingerprint density at radius 1 is 0.971 bits per heavy atom. The maximum Gasteiger partial charge on any atom is 0.335 e. The summed E-state index contributed by atoms with van der Waals surface area (Å²) >= 11 is 9.51. The number of imide groups is 2. The number of carbonyl (C=O) groups is 3. The lowest BCUT2D eigenvalue weighted by Crippen LogP contribution is -2.54. The van der Waals surface area contributed by atoms with Crippen molar-refractivity contribution in [3.05, 3.63) is 98.0 Å². The van der Waals surface area contributed by atoms with Crippen LogP contribution in [0.5, 0.6) is 5.75 Å². The maximum absolute atomic E-state index is 13.2. The second-order valence-electron chi connectivity index (χ2n) is 7.82. The van der Waals surface area contributed by atoms with Gasteiger partial charge in [0.15, 0.2) is 0 Å². The van der Waals surface area contributed by atoms with Crippen LogP contribution < -0.4 is 15.0 Å². The third-order valence-electron chi connectivity index (χ3n) is 5.42. The van der Waals surface area contributed by atoms with Crippen molar-refractivity contribution in [2.24, 2.45) is 0 Å². The van der Waals surface area contributed by atoms with Crippen molar-refractivity contribution in [2.45, 2.75) is 20.5 Å². The van der Waals surface area contributed by atoms with E-state index in [-0.39, 0.29) is 5.57 Å². The Labute approximate surface area is 210 Å². The molecule has 0 aromatic heterocycles. The van der Waals surface area contributed by atoms with Crippen molar-refractivity contribution in [1.29, 1.82) is 0 Å². The lowest BCUT2D eigenvalue weighted by atomic mass is 10.1. The lowest BCUT2D eigenvalue weighted by molar-refractivity contribution is -0.122. The quantitative estimate of drug-likeness (QED) is 0.320. The molecule has 8 heteroatoms. The molecule has 1 heterocycles. The normalized spacial score (nSPS) is 15.0. The van der Waals surface area contributed by atoms with Gasteiger partial charge in [-0.2, -0.15) is 0 Å². The Kier molecular flexibility index (Phi) is 6.86. The smallest absolute Gasteiger partial charge is 0.335 e. The molecule has 1 N–H and O–H groups in total. The zero-order chi connectivity index (χ0) is 24.4. The van der Waals surface area contributed by atoms with Gasteiger partial charge in [0.1, 0.15) is 17.9 Å². The monoisotopic (exact) mass is 538 g/mol. The molecule has 0 saturated carbocycles. The molecule has 0 radical (unpaired) electrons. The summed E-state index contributed by atoms with van der Waals surface area (Å²) in [7, 11) is 0. The Morgan fingerprint density at radius 3 is 2.41 bits per heavy atom. The first-order valence-electron chi connectivity index (χ1n) is 10.4. The van der Waals surface area contributed by atoms with Gasteiger partial charge in [0.2, 0.25) is 0 Å². The summed E-state index contributed by atoms with van der Waals surface area (Å²) in [5.74, 6) is -1.08. The van der Waals surface area contributed by atoms with Crippen molar-refractivity contribution < 1.29 is 19.1 Å². The highest BCUT2D eigenvalue weighted by atomic mass is 79.9. The summed E-state index contributed by atoms with van der Waals surface area (Å²) in [6.45, 7) is 4.36. The fraction of sp³-hybridized carbons (Fsp3) is 0.115. The Bertz CT molecular complexity index is 1340. The molecular weight excluding hydrogens is 520 g/mol. The lowest BCUT2D eigenvalue weighted by Gasteiger charge is -2.26. The molecule has 1 saturated heterocycles. The third-order valence-corrected chi connectivity index (χ3v) is 6.19. The van der Waals surface area contributed by atoms with Crippen LogP contribution in [-0.2, 0) is 16.2 Å². The van der Waals surface area contributed by atoms with Crippen molar-refractivity contribution >= 4 is 57.1 Å². The van der Waals surface area contributed by atoms with Crippen LogP contribution in [-0.4, -0.2) is 17.8 Å². The van der Waals surface area contributed by atoms with E-state index in [9.17, 15) is 14.4 Å². The van der Waals surface area contributed by atoms with Gasteiger partial charge in [0, 0.05) is 15.1 Å². The van der Waals surface area contributed by atoms with Crippen LogP contribution in [0.25, 0.3) is 6.08 Å². The molecule has 0 unspecified atom stereocenters. The highest BCUT2D eigenvalue weighted by molar-refractivity contribution is 9.10. The average Bonchev–Trinajstić information content (AvgIpc) is 2.79. The van der Waals surface area contributed by atoms with Gasteiger partial charge < -0.3 is 4.74 Å². The van der Waals surface area contributed by atoms with Gasteiger partial charge in [-0.1, -0.05) is 45.7 Å². The molecular formula is C26H20BrClN2O4. The summed E-state index contributed by atoms with van der Waals surface area (Å²) in [6, 6.07) is 16.8. The minimum atomic E-state index is -0.813. The highest BCUT2D eigenvalue weighted by Gasteiger charge is 2.37. The second kappa shape index (κ2) is 9.83. The molecule has 0 aliphatic carbocycles. The number of rotatable bonds is 5. The van der Waals surface area contributed by atoms with E-state index in [0.717, 1.165) is 20.5 Å². The number of barbiturate groups is 1. The number of anilines is 1. The van der Waals surface area contributed by atoms with Crippen LogP contribution in [0.3, 0.4) is 0 Å². The average molecular weight is 540 g/mol. The van der Waals surface area contributed by atoms with E-state index in [1.807, 2.05) is 32.0 Å². The van der Waals surface area contributed by atoms with Crippen LogP contribution in [0, 0.1) is 13.8 Å². The van der Waals surface area contributed by atoms with Gasteiger partial charge in [0.05, 0.1) is 5.69 Å². The van der Waals surface area contributed by atoms with Gasteiger partial charge >= 0.3 is 6.03 Å². The zero-order valence-corrected chi connectivity index (χ0v) is 20.7. The first-order chi connectivity index (χ1) is 16.2. The molecule has 3 aromatic rings. The second-order valence-corrected chi connectivity index (χ2v) is 9.18. The predicted octanol–water partition coefficient (Wildman–Crippen LogP) is 5.96. The van der Waals surface area contributed by atoms with Crippen molar-refractivity contribution in [2.75, 3.05) is 4.90 Å². The number of urea groups is 1. The highest BCUT2D eigenvalue weighted by Crippen LogP contribution is 2.29. The Hall–Kier alpha value is -3.42. The number of nitrogens with zero attached hydrogens (tertiary/aromatic N) is 1. The summed E-state index contributed by atoms with van der Waals surface area (Å²) < 4.78 is 6.79. The van der Waals surface area contributed by atoms with Crippen LogP contribution in [0.4, 0.5) is 10.5 Å². The molecule has 1 aliphatic heterocycles. The minimum Gasteiger partial charge on any atom is -0.488 e. The molecule has 34 heavy (non-hydrogen) atoms. The maximum atomic E-state index is 13.2. The zero-order valence-electron chi connectivity index (χ0n) is 18.4. The van der Waals surface area contributed by atoms with Gasteiger partial charge in [-0.15, -0.1) is 0 Å². The summed E-state index contributed by atoms with van der Waals surface area (Å²) in [6.07, 6.45) is 1.39. The molecule has 1 fully saturated rings. The molecule has 172 valence electrons. The first kappa shape index (κ1) is 23.7. The molecule has 1 aliphatic rings. The number of ether oxygens (including phenoxy) is 1.